The zero-order chi connectivity index (χ0) is 21.7. The highest BCUT2D eigenvalue weighted by Gasteiger charge is 2.37. The van der Waals surface area contributed by atoms with Crippen molar-refractivity contribution in [3.05, 3.63) is 18.2 Å². The number of carbonyl (C=O) groups excluding carboxylic acids is 3. The van der Waals surface area contributed by atoms with Crippen molar-refractivity contribution >= 4 is 23.4 Å². The molecule has 0 spiro atoms. The first kappa shape index (κ1) is 21.9. The molecule has 1 saturated heterocycles. The first-order valence-electron chi connectivity index (χ1n) is 10.2. The standard InChI is InChI=1S/C21H29N3O6/c1-13(2)19(21(27)22-6-7-28-3)23-20(26)14-10-18(25)24(12-14)15-4-5-16-17(11-15)30-9-8-29-16/h4-5,11,13-14,19H,6-10,12H2,1-3H3,(H,22,27)(H,23,26)/t14-,19+/m1/s1. The van der Waals surface area contributed by atoms with E-state index in [1.54, 1.807) is 30.2 Å². The molecule has 3 rings (SSSR count). The lowest BCUT2D eigenvalue weighted by atomic mass is 10.0. The predicted octanol–water partition coefficient (Wildman–Crippen LogP) is 0.714. The van der Waals surface area contributed by atoms with Gasteiger partial charge in [0, 0.05) is 38.4 Å². The second kappa shape index (κ2) is 9.80. The average Bonchev–Trinajstić information content (AvgIpc) is 3.13. The summed E-state index contributed by atoms with van der Waals surface area (Å²) in [6.07, 6.45) is 0.0936. The lowest BCUT2D eigenvalue weighted by molar-refractivity contribution is -0.132. The monoisotopic (exact) mass is 419 g/mol. The van der Waals surface area contributed by atoms with Crippen LogP contribution in [-0.2, 0) is 19.1 Å². The van der Waals surface area contributed by atoms with Crippen molar-refractivity contribution in [3.63, 3.8) is 0 Å². The number of nitrogens with zero attached hydrogens (tertiary/aromatic N) is 1. The van der Waals surface area contributed by atoms with Crippen LogP contribution in [0.1, 0.15) is 20.3 Å². The third-order valence-corrected chi connectivity index (χ3v) is 5.19. The number of amides is 3. The van der Waals surface area contributed by atoms with Crippen molar-refractivity contribution in [2.75, 3.05) is 44.9 Å². The molecule has 9 nitrogen and oxygen atoms in total. The number of hydrogen-bond acceptors (Lipinski definition) is 6. The molecule has 1 aromatic rings. The first-order chi connectivity index (χ1) is 14.4. The lowest BCUT2D eigenvalue weighted by Crippen LogP contribution is -2.51. The van der Waals surface area contributed by atoms with Crippen molar-refractivity contribution < 1.29 is 28.6 Å². The van der Waals surface area contributed by atoms with Gasteiger partial charge in [0.2, 0.25) is 17.7 Å². The molecule has 2 atom stereocenters. The van der Waals surface area contributed by atoms with Crippen LogP contribution in [0.25, 0.3) is 0 Å². The maximum Gasteiger partial charge on any atom is 0.242 e. The summed E-state index contributed by atoms with van der Waals surface area (Å²) in [4.78, 5) is 39.4. The van der Waals surface area contributed by atoms with Gasteiger partial charge < -0.3 is 29.7 Å². The fourth-order valence-corrected chi connectivity index (χ4v) is 3.53. The molecule has 2 N–H and O–H groups in total. The van der Waals surface area contributed by atoms with E-state index < -0.39 is 12.0 Å². The summed E-state index contributed by atoms with van der Waals surface area (Å²) in [5.41, 5.74) is 0.664. The molecular formula is C21H29N3O6. The summed E-state index contributed by atoms with van der Waals surface area (Å²) in [6, 6.07) is 4.63. The zero-order valence-corrected chi connectivity index (χ0v) is 17.6. The van der Waals surface area contributed by atoms with Crippen LogP contribution in [-0.4, -0.2) is 63.8 Å². The van der Waals surface area contributed by atoms with Gasteiger partial charge in [0.1, 0.15) is 19.3 Å². The van der Waals surface area contributed by atoms with E-state index in [4.69, 9.17) is 14.2 Å². The van der Waals surface area contributed by atoms with Gasteiger partial charge in [0.05, 0.1) is 12.5 Å². The average molecular weight is 419 g/mol. The van der Waals surface area contributed by atoms with Crippen LogP contribution in [0.4, 0.5) is 5.69 Å². The molecule has 164 valence electrons. The molecule has 2 aliphatic rings. The molecule has 0 aromatic heterocycles. The Labute approximate surface area is 176 Å². The lowest BCUT2D eigenvalue weighted by Gasteiger charge is -2.24. The molecule has 30 heavy (non-hydrogen) atoms. The Morgan fingerprint density at radius 3 is 2.67 bits per heavy atom. The number of methoxy groups -OCH3 is 1. The van der Waals surface area contributed by atoms with E-state index in [1.165, 1.54) is 0 Å². The molecule has 1 fully saturated rings. The maximum atomic E-state index is 12.8. The molecular weight excluding hydrogens is 390 g/mol. The topological polar surface area (TPSA) is 106 Å². The van der Waals surface area contributed by atoms with Gasteiger partial charge in [-0.15, -0.1) is 0 Å². The number of anilines is 1. The van der Waals surface area contributed by atoms with Crippen LogP contribution < -0.4 is 25.0 Å². The molecule has 2 aliphatic heterocycles. The van der Waals surface area contributed by atoms with Gasteiger partial charge in [0.25, 0.3) is 0 Å². The smallest absolute Gasteiger partial charge is 0.242 e. The van der Waals surface area contributed by atoms with Gasteiger partial charge in [-0.05, 0) is 18.1 Å². The third-order valence-electron chi connectivity index (χ3n) is 5.19. The first-order valence-corrected chi connectivity index (χ1v) is 10.2. The van der Waals surface area contributed by atoms with Gasteiger partial charge in [0.15, 0.2) is 11.5 Å². The second-order valence-electron chi connectivity index (χ2n) is 7.75. The van der Waals surface area contributed by atoms with E-state index in [-0.39, 0.29) is 36.6 Å². The van der Waals surface area contributed by atoms with Crippen LogP contribution in [0, 0.1) is 11.8 Å². The Kier molecular flexibility index (Phi) is 7.15. The van der Waals surface area contributed by atoms with E-state index >= 15 is 0 Å². The molecule has 3 amide bonds. The van der Waals surface area contributed by atoms with E-state index in [0.717, 1.165) is 0 Å². The summed E-state index contributed by atoms with van der Waals surface area (Å²) in [7, 11) is 1.55. The molecule has 0 radical (unpaired) electrons. The summed E-state index contributed by atoms with van der Waals surface area (Å²) in [5, 5.41) is 5.56. The third kappa shape index (κ3) is 5.02. The predicted molar refractivity (Wildman–Crippen MR) is 110 cm³/mol. The van der Waals surface area contributed by atoms with Crippen molar-refractivity contribution in [1.82, 2.24) is 10.6 Å². The molecule has 0 unspecified atom stereocenters. The molecule has 2 heterocycles. The zero-order valence-electron chi connectivity index (χ0n) is 17.6. The largest absolute Gasteiger partial charge is 0.486 e. The number of ether oxygens (including phenoxy) is 3. The van der Waals surface area contributed by atoms with Crippen LogP contribution in [0.2, 0.25) is 0 Å². The number of fused-ring (bicyclic) bond motifs is 1. The van der Waals surface area contributed by atoms with E-state index in [2.05, 4.69) is 10.6 Å². The summed E-state index contributed by atoms with van der Waals surface area (Å²) >= 11 is 0. The fraction of sp³-hybridized carbons (Fsp3) is 0.571. The maximum absolute atomic E-state index is 12.8. The van der Waals surface area contributed by atoms with Crippen LogP contribution in [0.5, 0.6) is 11.5 Å². The Balaban J connectivity index is 1.63. The van der Waals surface area contributed by atoms with Crippen molar-refractivity contribution in [3.8, 4) is 11.5 Å². The second-order valence-corrected chi connectivity index (χ2v) is 7.75. The van der Waals surface area contributed by atoms with E-state index in [1.807, 2.05) is 13.8 Å². The minimum atomic E-state index is -0.673. The SMILES string of the molecule is COCCNC(=O)[C@@H](NC(=O)[C@@H]1CC(=O)N(c2ccc3c(c2)OCCO3)C1)C(C)C. The number of nitrogens with one attached hydrogen (secondary N) is 2. The minimum Gasteiger partial charge on any atom is -0.486 e. The number of benzene rings is 1. The quantitative estimate of drug-likeness (QED) is 0.602. The highest BCUT2D eigenvalue weighted by atomic mass is 16.6. The van der Waals surface area contributed by atoms with Gasteiger partial charge in [-0.2, -0.15) is 0 Å². The Morgan fingerprint density at radius 2 is 1.97 bits per heavy atom. The Morgan fingerprint density at radius 1 is 1.23 bits per heavy atom. The number of carbonyl (C=O) groups is 3. The highest BCUT2D eigenvalue weighted by Crippen LogP contribution is 2.36. The van der Waals surface area contributed by atoms with E-state index in [0.29, 0.717) is 43.6 Å². The highest BCUT2D eigenvalue weighted by molar-refractivity contribution is 6.01. The summed E-state index contributed by atoms with van der Waals surface area (Å²) in [6.45, 7) is 5.69. The van der Waals surface area contributed by atoms with Crippen molar-refractivity contribution in [2.24, 2.45) is 11.8 Å². The van der Waals surface area contributed by atoms with Crippen molar-refractivity contribution in [1.29, 1.82) is 0 Å². The fourth-order valence-electron chi connectivity index (χ4n) is 3.53. The van der Waals surface area contributed by atoms with Crippen LogP contribution in [0.3, 0.4) is 0 Å². The van der Waals surface area contributed by atoms with Crippen LogP contribution >= 0.6 is 0 Å². The molecule has 9 heteroatoms. The molecule has 1 aromatic carbocycles. The van der Waals surface area contributed by atoms with Gasteiger partial charge in [-0.1, -0.05) is 13.8 Å². The molecule has 0 bridgehead atoms. The number of hydrogen-bond donors (Lipinski definition) is 2. The minimum absolute atomic E-state index is 0.0936. The van der Waals surface area contributed by atoms with Gasteiger partial charge in [-0.3, -0.25) is 14.4 Å². The Hall–Kier alpha value is -2.81. The van der Waals surface area contributed by atoms with Gasteiger partial charge in [-0.25, -0.2) is 0 Å². The summed E-state index contributed by atoms with van der Waals surface area (Å²) in [5.74, 6) is -0.0941. The number of rotatable bonds is 8. The van der Waals surface area contributed by atoms with Crippen molar-refractivity contribution in [2.45, 2.75) is 26.3 Å². The summed E-state index contributed by atoms with van der Waals surface area (Å²) < 4.78 is 16.0. The van der Waals surface area contributed by atoms with Gasteiger partial charge >= 0.3 is 0 Å². The Bertz CT molecular complexity index is 797. The normalized spacial score (nSPS) is 19.0. The van der Waals surface area contributed by atoms with Crippen LogP contribution in [0.15, 0.2) is 18.2 Å². The molecule has 0 saturated carbocycles. The molecule has 0 aliphatic carbocycles. The van der Waals surface area contributed by atoms with E-state index in [9.17, 15) is 14.4 Å².